The number of aromatic nitrogens is 2. The Morgan fingerprint density at radius 3 is 2.68 bits per heavy atom. The lowest BCUT2D eigenvalue weighted by Gasteiger charge is -2.34. The molecule has 4 rings (SSSR count). The maximum atomic E-state index is 4.44. The third kappa shape index (κ3) is 3.44. The first-order valence-corrected chi connectivity index (χ1v) is 8.86. The third-order valence-corrected chi connectivity index (χ3v) is 5.33. The van der Waals surface area contributed by atoms with Crippen LogP contribution in [0.1, 0.15) is 22.5 Å². The molecule has 0 unspecified atom stereocenters. The maximum Gasteiger partial charge on any atom is 0.106 e. The van der Waals surface area contributed by atoms with E-state index in [9.17, 15) is 0 Å². The van der Waals surface area contributed by atoms with Crippen LogP contribution < -0.4 is 12.4 Å². The number of rotatable bonds is 3. The predicted octanol–water partition coefficient (Wildman–Crippen LogP) is 0.724. The van der Waals surface area contributed by atoms with Crippen LogP contribution in [0, 0.1) is 6.92 Å². The summed E-state index contributed by atoms with van der Waals surface area (Å²) in [6.45, 7) is 5.43. The Morgan fingerprint density at radius 1 is 1.12 bits per heavy atom. The molecule has 0 radical (unpaired) electrons. The van der Waals surface area contributed by atoms with Crippen LogP contribution in [0.2, 0.25) is 0 Å². The average molecular weight is 356 g/mol. The van der Waals surface area contributed by atoms with Crippen molar-refractivity contribution in [1.29, 1.82) is 0 Å². The fourth-order valence-electron chi connectivity index (χ4n) is 3.95. The third-order valence-electron chi connectivity index (χ3n) is 5.33. The Morgan fingerprint density at radius 2 is 1.92 bits per heavy atom. The van der Waals surface area contributed by atoms with E-state index in [0.29, 0.717) is 0 Å². The van der Waals surface area contributed by atoms with Gasteiger partial charge in [0.2, 0.25) is 0 Å². The number of hydrogen-bond donors (Lipinski definition) is 0. The number of hydrogen-bond acceptors (Lipinski definition) is 1. The van der Waals surface area contributed by atoms with Crippen molar-refractivity contribution in [1.82, 2.24) is 9.55 Å². The molecule has 0 saturated carbocycles. The molecule has 1 aliphatic rings. The van der Waals surface area contributed by atoms with E-state index in [-0.39, 0.29) is 12.4 Å². The molecule has 1 aromatic carbocycles. The van der Waals surface area contributed by atoms with Gasteiger partial charge in [0.1, 0.15) is 6.54 Å². The second-order valence-electron chi connectivity index (χ2n) is 7.72. The highest BCUT2D eigenvalue weighted by atomic mass is 35.5. The molecule has 0 saturated heterocycles. The summed E-state index contributed by atoms with van der Waals surface area (Å²) in [5, 5.41) is 1.44. The number of quaternary nitrogens is 1. The van der Waals surface area contributed by atoms with Gasteiger partial charge in [0.15, 0.2) is 0 Å². The fraction of sp³-hybridized carbons (Fsp3) is 0.381. The smallest absolute Gasteiger partial charge is 0.106 e. The summed E-state index contributed by atoms with van der Waals surface area (Å²) in [6, 6.07) is 13.2. The van der Waals surface area contributed by atoms with Crippen molar-refractivity contribution in [3.63, 3.8) is 0 Å². The fourth-order valence-corrected chi connectivity index (χ4v) is 3.95. The molecule has 25 heavy (non-hydrogen) atoms. The quantitative estimate of drug-likeness (QED) is 0.633. The van der Waals surface area contributed by atoms with Gasteiger partial charge in [0.05, 0.1) is 20.6 Å². The molecule has 3 aromatic rings. The van der Waals surface area contributed by atoms with Crippen LogP contribution in [-0.4, -0.2) is 34.7 Å². The van der Waals surface area contributed by atoms with Gasteiger partial charge in [-0.15, -0.1) is 0 Å². The molecular formula is C21H26ClN3. The first-order valence-electron chi connectivity index (χ1n) is 8.86. The van der Waals surface area contributed by atoms with Gasteiger partial charge in [-0.3, -0.25) is 4.98 Å². The van der Waals surface area contributed by atoms with Crippen LogP contribution in [0.25, 0.3) is 10.9 Å². The molecule has 0 atom stereocenters. The minimum absolute atomic E-state index is 0. The lowest BCUT2D eigenvalue weighted by molar-refractivity contribution is -0.905. The van der Waals surface area contributed by atoms with Crippen LogP contribution in [0.3, 0.4) is 0 Å². The minimum Gasteiger partial charge on any atom is -1.00 e. The minimum atomic E-state index is 0. The zero-order chi connectivity index (χ0) is 16.7. The van der Waals surface area contributed by atoms with Gasteiger partial charge in [-0.2, -0.15) is 0 Å². The van der Waals surface area contributed by atoms with E-state index in [1.54, 1.807) is 11.3 Å². The number of pyridine rings is 1. The topological polar surface area (TPSA) is 17.8 Å². The van der Waals surface area contributed by atoms with Gasteiger partial charge in [-0.25, -0.2) is 0 Å². The average Bonchev–Trinajstić information content (AvgIpc) is 2.87. The largest absolute Gasteiger partial charge is 1.00 e. The lowest BCUT2D eigenvalue weighted by Crippen LogP contribution is -3.00. The molecule has 0 spiro atoms. The van der Waals surface area contributed by atoms with Gasteiger partial charge >= 0.3 is 0 Å². The molecule has 1 aliphatic heterocycles. The Balaban J connectivity index is 0.00000182. The van der Waals surface area contributed by atoms with Gasteiger partial charge in [0.25, 0.3) is 0 Å². The van der Waals surface area contributed by atoms with Crippen molar-refractivity contribution in [2.24, 2.45) is 0 Å². The van der Waals surface area contributed by atoms with Crippen LogP contribution in [0.5, 0.6) is 0 Å². The summed E-state index contributed by atoms with van der Waals surface area (Å²) < 4.78 is 3.65. The maximum absolute atomic E-state index is 4.44. The predicted molar refractivity (Wildman–Crippen MR) is 99.0 cm³/mol. The monoisotopic (exact) mass is 355 g/mol. The zero-order valence-electron chi connectivity index (χ0n) is 15.3. The number of fused-ring (bicyclic) bond motifs is 3. The van der Waals surface area contributed by atoms with Crippen molar-refractivity contribution in [3.8, 4) is 0 Å². The number of halogens is 1. The Bertz CT molecular complexity index is 878. The molecule has 4 heteroatoms. The first kappa shape index (κ1) is 18.0. The second-order valence-corrected chi connectivity index (χ2v) is 7.72. The molecular weight excluding hydrogens is 330 g/mol. The summed E-state index contributed by atoms with van der Waals surface area (Å²) in [4.78, 5) is 4.44. The number of likely N-dealkylation sites (N-methyl/N-ethyl adjacent to an activating group) is 1. The van der Waals surface area contributed by atoms with Crippen LogP contribution in [0.4, 0.5) is 0 Å². The molecule has 3 heterocycles. The van der Waals surface area contributed by atoms with Gasteiger partial charge in [0, 0.05) is 47.0 Å². The van der Waals surface area contributed by atoms with Crippen molar-refractivity contribution >= 4 is 10.9 Å². The van der Waals surface area contributed by atoms with E-state index in [0.717, 1.165) is 29.7 Å². The van der Waals surface area contributed by atoms with Crippen molar-refractivity contribution in [3.05, 3.63) is 65.1 Å². The van der Waals surface area contributed by atoms with Gasteiger partial charge < -0.3 is 21.5 Å². The number of para-hydroxylation sites is 1. The number of benzene rings is 1. The molecule has 3 nitrogen and oxygen atoms in total. The summed E-state index contributed by atoms with van der Waals surface area (Å²) >= 11 is 0. The molecule has 2 aromatic heterocycles. The van der Waals surface area contributed by atoms with Crippen LogP contribution in [0.15, 0.2) is 42.6 Å². The molecule has 0 fully saturated rings. The van der Waals surface area contributed by atoms with Gasteiger partial charge in [-0.1, -0.05) is 24.3 Å². The highest BCUT2D eigenvalue weighted by Gasteiger charge is 2.29. The summed E-state index contributed by atoms with van der Waals surface area (Å²) in [5.74, 6) is 0. The molecule has 0 amide bonds. The lowest BCUT2D eigenvalue weighted by atomic mass is 10.0. The summed E-state index contributed by atoms with van der Waals surface area (Å²) in [7, 11) is 4.68. The van der Waals surface area contributed by atoms with E-state index in [2.05, 4.69) is 60.0 Å². The molecule has 132 valence electrons. The van der Waals surface area contributed by atoms with E-state index >= 15 is 0 Å². The van der Waals surface area contributed by atoms with Crippen LogP contribution in [-0.2, 0) is 25.9 Å². The first-order chi connectivity index (χ1) is 11.5. The van der Waals surface area contributed by atoms with E-state index < -0.39 is 0 Å². The van der Waals surface area contributed by atoms with Crippen molar-refractivity contribution in [2.45, 2.75) is 32.9 Å². The summed E-state index contributed by atoms with van der Waals surface area (Å²) in [6.07, 6.45) is 4.23. The van der Waals surface area contributed by atoms with E-state index in [1.807, 2.05) is 13.1 Å². The number of nitrogens with zero attached hydrogens (tertiary/aromatic N) is 3. The zero-order valence-corrected chi connectivity index (χ0v) is 16.1. The Kier molecular flexibility index (Phi) is 4.90. The van der Waals surface area contributed by atoms with Gasteiger partial charge in [-0.05, 0) is 31.0 Å². The number of aryl methyl sites for hydroxylation is 3. The normalized spacial score (nSPS) is 15.6. The second kappa shape index (κ2) is 6.81. The highest BCUT2D eigenvalue weighted by Crippen LogP contribution is 2.32. The molecule has 0 bridgehead atoms. The van der Waals surface area contributed by atoms with Crippen molar-refractivity contribution < 1.29 is 16.9 Å². The Labute approximate surface area is 156 Å². The highest BCUT2D eigenvalue weighted by molar-refractivity contribution is 5.85. The standard InChI is InChI=1S/C21H26N3.ClH/c1-16-8-9-17(14-22-16)10-12-23-20-7-5-4-6-18(20)19-15-24(2,3)13-11-21(19)23;/h4-9,14H,10-13,15H2,1-3H3;1H/q+1;/p-1. The summed E-state index contributed by atoms with van der Waals surface area (Å²) in [5.41, 5.74) is 6.91. The van der Waals surface area contributed by atoms with E-state index in [1.165, 1.54) is 29.4 Å². The van der Waals surface area contributed by atoms with Crippen LogP contribution >= 0.6 is 0 Å². The molecule has 0 aliphatic carbocycles. The van der Waals surface area contributed by atoms with Crippen molar-refractivity contribution in [2.75, 3.05) is 20.6 Å². The SMILES string of the molecule is Cc1ccc(CCn2c3c(c4ccccc42)C[N+](C)(C)CC3)cn1.[Cl-]. The van der Waals surface area contributed by atoms with E-state index in [4.69, 9.17) is 0 Å². The Hall–Kier alpha value is -1.84. The molecule has 0 N–H and O–H groups in total.